The maximum absolute atomic E-state index is 12.4. The van der Waals surface area contributed by atoms with E-state index in [1.54, 1.807) is 12.1 Å². The Morgan fingerprint density at radius 2 is 1.71 bits per heavy atom. The highest BCUT2D eigenvalue weighted by atomic mass is 35.5. The van der Waals surface area contributed by atoms with Crippen LogP contribution in [0.3, 0.4) is 0 Å². The maximum Gasteiger partial charge on any atom is 0.321 e. The van der Waals surface area contributed by atoms with Gasteiger partial charge in [-0.05, 0) is 42.3 Å². The molecule has 5 heteroatoms. The lowest BCUT2D eigenvalue weighted by molar-refractivity contribution is 0.208. The van der Waals surface area contributed by atoms with Crippen LogP contribution >= 0.6 is 11.6 Å². The van der Waals surface area contributed by atoms with Crippen LogP contribution in [0.2, 0.25) is 5.02 Å². The number of urea groups is 1. The van der Waals surface area contributed by atoms with E-state index in [0.29, 0.717) is 5.02 Å². The van der Waals surface area contributed by atoms with Crippen LogP contribution in [0.4, 0.5) is 16.2 Å². The molecule has 1 aliphatic heterocycles. The van der Waals surface area contributed by atoms with Crippen LogP contribution in [0.1, 0.15) is 12.5 Å². The van der Waals surface area contributed by atoms with Gasteiger partial charge < -0.3 is 15.1 Å². The number of aryl methyl sites for hydroxylation is 1. The Bertz CT molecular complexity index is 694. The highest BCUT2D eigenvalue weighted by molar-refractivity contribution is 6.30. The molecule has 0 aliphatic carbocycles. The zero-order valence-electron chi connectivity index (χ0n) is 13.8. The molecule has 0 atom stereocenters. The molecule has 3 rings (SSSR count). The number of nitrogens with zero attached hydrogens (tertiary/aromatic N) is 2. The standard InChI is InChI=1S/C19H22ClN3O/c1-2-15-5-3-4-6-18(15)22-11-13-23(14-12-22)19(24)21-17-9-7-16(20)8-10-17/h3-10H,2,11-14H2,1H3,(H,21,24). The van der Waals surface area contributed by atoms with E-state index in [1.165, 1.54) is 11.3 Å². The molecule has 1 aliphatic rings. The molecule has 1 heterocycles. The quantitative estimate of drug-likeness (QED) is 0.904. The first kappa shape index (κ1) is 16.7. The molecule has 2 aromatic carbocycles. The van der Waals surface area contributed by atoms with Gasteiger partial charge in [0.05, 0.1) is 0 Å². The summed E-state index contributed by atoms with van der Waals surface area (Å²) in [5, 5.41) is 3.59. The SMILES string of the molecule is CCc1ccccc1N1CCN(C(=O)Nc2ccc(Cl)cc2)CC1. The van der Waals surface area contributed by atoms with Crippen molar-refractivity contribution in [2.45, 2.75) is 13.3 Å². The molecule has 0 aromatic heterocycles. The van der Waals surface area contributed by atoms with E-state index < -0.39 is 0 Å². The lowest BCUT2D eigenvalue weighted by Crippen LogP contribution is -2.50. The van der Waals surface area contributed by atoms with Crippen LogP contribution in [0.5, 0.6) is 0 Å². The van der Waals surface area contributed by atoms with Gasteiger partial charge in [0.25, 0.3) is 0 Å². The van der Waals surface area contributed by atoms with Crippen molar-refractivity contribution in [2.24, 2.45) is 0 Å². The minimum atomic E-state index is -0.0549. The molecule has 1 fully saturated rings. The van der Waals surface area contributed by atoms with E-state index in [4.69, 9.17) is 11.6 Å². The molecular formula is C19H22ClN3O. The Morgan fingerprint density at radius 3 is 2.38 bits per heavy atom. The number of para-hydroxylation sites is 1. The van der Waals surface area contributed by atoms with Crippen LogP contribution in [0, 0.1) is 0 Å². The Labute approximate surface area is 148 Å². The third kappa shape index (κ3) is 3.82. The van der Waals surface area contributed by atoms with Gasteiger partial charge in [0.2, 0.25) is 0 Å². The highest BCUT2D eigenvalue weighted by Gasteiger charge is 2.22. The summed E-state index contributed by atoms with van der Waals surface area (Å²) in [6, 6.07) is 15.6. The largest absolute Gasteiger partial charge is 0.368 e. The number of amides is 2. The van der Waals surface area contributed by atoms with Crippen molar-refractivity contribution in [3.05, 3.63) is 59.1 Å². The molecule has 2 amide bonds. The molecule has 2 aromatic rings. The van der Waals surface area contributed by atoms with E-state index in [-0.39, 0.29) is 6.03 Å². The number of carbonyl (C=O) groups excluding carboxylic acids is 1. The van der Waals surface area contributed by atoms with E-state index in [1.807, 2.05) is 17.0 Å². The number of halogens is 1. The summed E-state index contributed by atoms with van der Waals surface area (Å²) < 4.78 is 0. The van der Waals surface area contributed by atoms with Crippen LogP contribution in [-0.2, 0) is 6.42 Å². The van der Waals surface area contributed by atoms with Crippen LogP contribution in [0.25, 0.3) is 0 Å². The predicted octanol–water partition coefficient (Wildman–Crippen LogP) is 4.26. The van der Waals surface area contributed by atoms with Gasteiger partial charge >= 0.3 is 6.03 Å². The number of rotatable bonds is 3. The van der Waals surface area contributed by atoms with Gasteiger partial charge in [0, 0.05) is 42.6 Å². The lowest BCUT2D eigenvalue weighted by Gasteiger charge is -2.37. The minimum Gasteiger partial charge on any atom is -0.368 e. The normalized spacial score (nSPS) is 14.6. The second-order valence-corrected chi connectivity index (χ2v) is 6.33. The summed E-state index contributed by atoms with van der Waals surface area (Å²) in [6.45, 7) is 5.32. The van der Waals surface area contributed by atoms with Gasteiger partial charge in [0.15, 0.2) is 0 Å². The molecule has 4 nitrogen and oxygen atoms in total. The van der Waals surface area contributed by atoms with Crippen LogP contribution in [-0.4, -0.2) is 37.1 Å². The van der Waals surface area contributed by atoms with E-state index >= 15 is 0 Å². The fourth-order valence-corrected chi connectivity index (χ4v) is 3.13. The summed E-state index contributed by atoms with van der Waals surface area (Å²) in [5.41, 5.74) is 3.41. The molecule has 24 heavy (non-hydrogen) atoms. The molecule has 0 unspecified atom stereocenters. The smallest absolute Gasteiger partial charge is 0.321 e. The van der Waals surface area contributed by atoms with Crippen molar-refractivity contribution in [3.8, 4) is 0 Å². The van der Waals surface area contributed by atoms with Gasteiger partial charge in [-0.3, -0.25) is 0 Å². The zero-order valence-corrected chi connectivity index (χ0v) is 14.6. The number of carbonyl (C=O) groups is 1. The number of piperazine rings is 1. The minimum absolute atomic E-state index is 0.0549. The molecule has 0 spiro atoms. The maximum atomic E-state index is 12.4. The van der Waals surface area contributed by atoms with Crippen molar-refractivity contribution < 1.29 is 4.79 Å². The van der Waals surface area contributed by atoms with Crippen molar-refractivity contribution in [1.82, 2.24) is 4.90 Å². The molecular weight excluding hydrogens is 322 g/mol. The molecule has 0 bridgehead atoms. The van der Waals surface area contributed by atoms with Crippen molar-refractivity contribution in [1.29, 1.82) is 0 Å². The Balaban J connectivity index is 1.58. The van der Waals surface area contributed by atoms with Crippen LogP contribution < -0.4 is 10.2 Å². The number of hydrogen-bond donors (Lipinski definition) is 1. The molecule has 0 saturated carbocycles. The second-order valence-electron chi connectivity index (χ2n) is 5.89. The fourth-order valence-electron chi connectivity index (χ4n) is 3.00. The molecule has 1 saturated heterocycles. The summed E-state index contributed by atoms with van der Waals surface area (Å²) >= 11 is 5.87. The predicted molar refractivity (Wildman–Crippen MR) is 100 cm³/mol. The third-order valence-corrected chi connectivity index (χ3v) is 4.63. The number of anilines is 2. The van der Waals surface area contributed by atoms with Crippen LogP contribution in [0.15, 0.2) is 48.5 Å². The van der Waals surface area contributed by atoms with E-state index in [9.17, 15) is 4.79 Å². The monoisotopic (exact) mass is 343 g/mol. The van der Waals surface area contributed by atoms with E-state index in [0.717, 1.165) is 38.3 Å². The molecule has 126 valence electrons. The van der Waals surface area contributed by atoms with Gasteiger partial charge in [-0.15, -0.1) is 0 Å². The number of nitrogens with one attached hydrogen (secondary N) is 1. The lowest BCUT2D eigenvalue weighted by atomic mass is 10.1. The second kappa shape index (κ2) is 7.58. The van der Waals surface area contributed by atoms with Gasteiger partial charge in [-0.2, -0.15) is 0 Å². The fraction of sp³-hybridized carbons (Fsp3) is 0.316. The van der Waals surface area contributed by atoms with Gasteiger partial charge in [-0.1, -0.05) is 36.7 Å². The van der Waals surface area contributed by atoms with E-state index in [2.05, 4.69) is 41.4 Å². The Morgan fingerprint density at radius 1 is 1.04 bits per heavy atom. The third-order valence-electron chi connectivity index (χ3n) is 4.38. The average Bonchev–Trinajstić information content (AvgIpc) is 2.63. The zero-order chi connectivity index (χ0) is 16.9. The summed E-state index contributed by atoms with van der Waals surface area (Å²) in [6.07, 6.45) is 1.02. The first-order valence-corrected chi connectivity index (χ1v) is 8.69. The first-order chi connectivity index (χ1) is 11.7. The summed E-state index contributed by atoms with van der Waals surface area (Å²) in [5.74, 6) is 0. The first-order valence-electron chi connectivity index (χ1n) is 8.31. The Kier molecular flexibility index (Phi) is 5.26. The summed E-state index contributed by atoms with van der Waals surface area (Å²) in [7, 11) is 0. The number of hydrogen-bond acceptors (Lipinski definition) is 2. The average molecular weight is 344 g/mol. The number of benzene rings is 2. The van der Waals surface area contributed by atoms with Gasteiger partial charge in [0.1, 0.15) is 0 Å². The molecule has 0 radical (unpaired) electrons. The van der Waals surface area contributed by atoms with Gasteiger partial charge in [-0.25, -0.2) is 4.79 Å². The van der Waals surface area contributed by atoms with Crippen molar-refractivity contribution in [2.75, 3.05) is 36.4 Å². The Hall–Kier alpha value is -2.20. The topological polar surface area (TPSA) is 35.6 Å². The molecule has 1 N–H and O–H groups in total. The van der Waals surface area contributed by atoms with Crippen molar-refractivity contribution >= 4 is 29.0 Å². The highest BCUT2D eigenvalue weighted by Crippen LogP contribution is 2.22. The summed E-state index contributed by atoms with van der Waals surface area (Å²) in [4.78, 5) is 16.6. The van der Waals surface area contributed by atoms with Crippen molar-refractivity contribution in [3.63, 3.8) is 0 Å².